The molecule has 3 aromatic rings. The molecular weight excluding hydrogens is 274 g/mol. The van der Waals surface area contributed by atoms with Crippen LogP contribution in [0.25, 0.3) is 11.1 Å². The lowest BCUT2D eigenvalue weighted by Crippen LogP contribution is -2.18. The Bertz CT molecular complexity index is 657. The maximum absolute atomic E-state index is 3.42. The number of thiophene rings is 1. The summed E-state index contributed by atoms with van der Waals surface area (Å²) in [6.07, 6.45) is 1.04. The molecule has 21 heavy (non-hydrogen) atoms. The number of rotatable bonds is 5. The topological polar surface area (TPSA) is 12.0 Å². The molecule has 0 bridgehead atoms. The molecule has 0 fully saturated rings. The van der Waals surface area contributed by atoms with Crippen LogP contribution in [0.15, 0.2) is 72.1 Å². The van der Waals surface area contributed by atoms with Crippen LogP contribution in [0.3, 0.4) is 0 Å². The first-order valence-corrected chi connectivity index (χ1v) is 8.10. The molecule has 0 spiro atoms. The molecule has 1 unspecified atom stereocenters. The number of likely N-dealkylation sites (N-methyl/N-ethyl adjacent to an activating group) is 1. The maximum Gasteiger partial charge on any atom is 0.0366 e. The third-order valence-corrected chi connectivity index (χ3v) is 4.65. The summed E-state index contributed by atoms with van der Waals surface area (Å²) in [6.45, 7) is 0. The van der Waals surface area contributed by atoms with E-state index in [2.05, 4.69) is 77.4 Å². The van der Waals surface area contributed by atoms with Crippen molar-refractivity contribution in [3.05, 3.63) is 82.6 Å². The summed E-state index contributed by atoms with van der Waals surface area (Å²) in [5.74, 6) is 0. The van der Waals surface area contributed by atoms with Crippen LogP contribution in [0.1, 0.15) is 16.5 Å². The standard InChI is InChI=1S/C19H19NS/c1-20-19(14-18-8-5-13-21-18)17-11-9-16(10-12-17)15-6-3-2-4-7-15/h2-13,19-20H,14H2,1H3. The number of hydrogen-bond acceptors (Lipinski definition) is 2. The Morgan fingerprint density at radius 3 is 2.19 bits per heavy atom. The lowest BCUT2D eigenvalue weighted by molar-refractivity contribution is 0.597. The molecule has 0 aliphatic rings. The number of hydrogen-bond donors (Lipinski definition) is 1. The van der Waals surface area contributed by atoms with Gasteiger partial charge in [-0.1, -0.05) is 60.7 Å². The van der Waals surface area contributed by atoms with Crippen LogP contribution in [0.5, 0.6) is 0 Å². The van der Waals surface area contributed by atoms with Crippen LogP contribution < -0.4 is 5.32 Å². The predicted octanol–water partition coefficient (Wildman–Crippen LogP) is 4.92. The van der Waals surface area contributed by atoms with E-state index >= 15 is 0 Å². The molecule has 1 heterocycles. The highest BCUT2D eigenvalue weighted by atomic mass is 32.1. The maximum atomic E-state index is 3.42. The van der Waals surface area contributed by atoms with Crippen molar-refractivity contribution in [3.63, 3.8) is 0 Å². The smallest absolute Gasteiger partial charge is 0.0366 e. The molecular formula is C19H19NS. The van der Waals surface area contributed by atoms with Crippen molar-refractivity contribution in [2.45, 2.75) is 12.5 Å². The minimum atomic E-state index is 0.369. The highest BCUT2D eigenvalue weighted by molar-refractivity contribution is 7.09. The van der Waals surface area contributed by atoms with E-state index in [0.29, 0.717) is 6.04 Å². The zero-order valence-corrected chi connectivity index (χ0v) is 12.9. The van der Waals surface area contributed by atoms with Gasteiger partial charge in [-0.2, -0.15) is 0 Å². The second kappa shape index (κ2) is 6.70. The minimum absolute atomic E-state index is 0.369. The van der Waals surface area contributed by atoms with Gasteiger partial charge in [0, 0.05) is 17.3 Å². The van der Waals surface area contributed by atoms with Crippen molar-refractivity contribution in [1.29, 1.82) is 0 Å². The molecule has 0 aliphatic carbocycles. The Labute approximate surface area is 130 Å². The zero-order chi connectivity index (χ0) is 14.5. The van der Waals surface area contributed by atoms with Crippen molar-refractivity contribution in [2.75, 3.05) is 7.05 Å². The van der Waals surface area contributed by atoms with Crippen LogP contribution in [-0.4, -0.2) is 7.05 Å². The molecule has 106 valence electrons. The van der Waals surface area contributed by atoms with Crippen molar-refractivity contribution in [1.82, 2.24) is 5.32 Å². The van der Waals surface area contributed by atoms with E-state index in [9.17, 15) is 0 Å². The van der Waals surface area contributed by atoms with Gasteiger partial charge in [-0.3, -0.25) is 0 Å². The van der Waals surface area contributed by atoms with Crippen LogP contribution >= 0.6 is 11.3 Å². The molecule has 3 rings (SSSR count). The zero-order valence-electron chi connectivity index (χ0n) is 12.1. The molecule has 1 atom stereocenters. The van der Waals surface area contributed by atoms with Gasteiger partial charge in [0.1, 0.15) is 0 Å². The Hall–Kier alpha value is -1.90. The highest BCUT2D eigenvalue weighted by Gasteiger charge is 2.10. The molecule has 0 saturated heterocycles. The number of nitrogens with one attached hydrogen (secondary N) is 1. The molecule has 1 N–H and O–H groups in total. The Morgan fingerprint density at radius 1 is 0.857 bits per heavy atom. The molecule has 2 heteroatoms. The first-order chi connectivity index (χ1) is 10.4. The lowest BCUT2D eigenvalue weighted by Gasteiger charge is -2.16. The van der Waals surface area contributed by atoms with Crippen LogP contribution in [0.4, 0.5) is 0 Å². The molecule has 0 saturated carbocycles. The summed E-state index contributed by atoms with van der Waals surface area (Å²) >= 11 is 1.82. The molecule has 2 aromatic carbocycles. The van der Waals surface area contributed by atoms with Crippen LogP contribution in [-0.2, 0) is 6.42 Å². The van der Waals surface area contributed by atoms with Crippen LogP contribution in [0.2, 0.25) is 0 Å². The Balaban J connectivity index is 1.79. The predicted molar refractivity (Wildman–Crippen MR) is 91.7 cm³/mol. The molecule has 0 radical (unpaired) electrons. The minimum Gasteiger partial charge on any atom is -0.313 e. The summed E-state index contributed by atoms with van der Waals surface area (Å²) in [5.41, 5.74) is 3.87. The summed E-state index contributed by atoms with van der Waals surface area (Å²) in [6, 6.07) is 24.1. The summed E-state index contributed by atoms with van der Waals surface area (Å²) in [7, 11) is 2.03. The quantitative estimate of drug-likeness (QED) is 0.704. The van der Waals surface area contributed by atoms with Gasteiger partial charge >= 0.3 is 0 Å². The van der Waals surface area contributed by atoms with E-state index in [4.69, 9.17) is 0 Å². The van der Waals surface area contributed by atoms with Gasteiger partial charge in [0.25, 0.3) is 0 Å². The van der Waals surface area contributed by atoms with Gasteiger partial charge < -0.3 is 5.32 Å². The van der Waals surface area contributed by atoms with E-state index in [1.54, 1.807) is 0 Å². The molecule has 1 aromatic heterocycles. The van der Waals surface area contributed by atoms with Crippen molar-refractivity contribution >= 4 is 11.3 Å². The van der Waals surface area contributed by atoms with Crippen molar-refractivity contribution in [3.8, 4) is 11.1 Å². The van der Waals surface area contributed by atoms with Crippen molar-refractivity contribution < 1.29 is 0 Å². The largest absolute Gasteiger partial charge is 0.313 e. The lowest BCUT2D eigenvalue weighted by atomic mass is 9.99. The average Bonchev–Trinajstić information content (AvgIpc) is 3.07. The van der Waals surface area contributed by atoms with E-state index in [-0.39, 0.29) is 0 Å². The van der Waals surface area contributed by atoms with Gasteiger partial charge in [-0.25, -0.2) is 0 Å². The fraction of sp³-hybridized carbons (Fsp3) is 0.158. The van der Waals surface area contributed by atoms with Gasteiger partial charge in [0.2, 0.25) is 0 Å². The second-order valence-corrected chi connectivity index (χ2v) is 6.15. The van der Waals surface area contributed by atoms with Gasteiger partial charge in [-0.15, -0.1) is 11.3 Å². The van der Waals surface area contributed by atoms with Gasteiger partial charge in [-0.05, 0) is 35.2 Å². The fourth-order valence-corrected chi connectivity index (χ4v) is 3.31. The fourth-order valence-electron chi connectivity index (χ4n) is 2.55. The van der Waals surface area contributed by atoms with Gasteiger partial charge in [0.15, 0.2) is 0 Å². The normalized spacial score (nSPS) is 12.2. The summed E-state index contributed by atoms with van der Waals surface area (Å²) < 4.78 is 0. The Morgan fingerprint density at radius 2 is 1.57 bits per heavy atom. The van der Waals surface area contributed by atoms with Crippen LogP contribution in [0, 0.1) is 0 Å². The first-order valence-electron chi connectivity index (χ1n) is 7.22. The third-order valence-electron chi connectivity index (χ3n) is 3.75. The Kier molecular flexibility index (Phi) is 4.49. The first kappa shape index (κ1) is 14.1. The summed E-state index contributed by atoms with van der Waals surface area (Å²) in [4.78, 5) is 1.42. The van der Waals surface area contributed by atoms with E-state index in [1.165, 1.54) is 21.6 Å². The third kappa shape index (κ3) is 3.41. The van der Waals surface area contributed by atoms with E-state index < -0.39 is 0 Å². The molecule has 0 amide bonds. The van der Waals surface area contributed by atoms with Gasteiger partial charge in [0.05, 0.1) is 0 Å². The molecule has 0 aliphatic heterocycles. The van der Waals surface area contributed by atoms with E-state index in [1.807, 2.05) is 18.4 Å². The van der Waals surface area contributed by atoms with Crippen molar-refractivity contribution in [2.24, 2.45) is 0 Å². The highest BCUT2D eigenvalue weighted by Crippen LogP contribution is 2.24. The average molecular weight is 293 g/mol. The summed E-state index contributed by atoms with van der Waals surface area (Å²) in [5, 5.41) is 5.56. The SMILES string of the molecule is CNC(Cc1cccs1)c1ccc(-c2ccccc2)cc1. The second-order valence-electron chi connectivity index (χ2n) is 5.11. The van der Waals surface area contributed by atoms with E-state index in [0.717, 1.165) is 6.42 Å². The number of benzene rings is 2. The monoisotopic (exact) mass is 293 g/mol. The molecule has 1 nitrogen and oxygen atoms in total.